The maximum absolute atomic E-state index is 5.73. The fraction of sp³-hybridized carbons (Fsp3) is 0.647. The van der Waals surface area contributed by atoms with Crippen LogP contribution in [-0.2, 0) is 0 Å². The van der Waals surface area contributed by atoms with E-state index < -0.39 is 0 Å². The van der Waals surface area contributed by atoms with Crippen molar-refractivity contribution in [3.8, 4) is 11.5 Å². The van der Waals surface area contributed by atoms with Gasteiger partial charge in [0.15, 0.2) is 11.5 Å². The molecule has 0 radical (unpaired) electrons. The Morgan fingerprint density at radius 1 is 1.10 bits per heavy atom. The highest BCUT2D eigenvalue weighted by molar-refractivity contribution is 5.45. The van der Waals surface area contributed by atoms with Gasteiger partial charge in [-0.3, -0.25) is 4.90 Å². The van der Waals surface area contributed by atoms with Gasteiger partial charge in [0.05, 0.1) is 6.04 Å². The van der Waals surface area contributed by atoms with Crippen LogP contribution >= 0.6 is 0 Å². The SMILES string of the molecule is CNC(c1ccc2c(c1)OCCO2)C(C)(C)N1CCCC1. The Morgan fingerprint density at radius 2 is 1.76 bits per heavy atom. The van der Waals surface area contributed by atoms with Crippen molar-refractivity contribution in [1.82, 2.24) is 10.2 Å². The van der Waals surface area contributed by atoms with Gasteiger partial charge in [-0.05, 0) is 64.5 Å². The van der Waals surface area contributed by atoms with Crippen LogP contribution in [0.4, 0.5) is 0 Å². The van der Waals surface area contributed by atoms with Crippen molar-refractivity contribution in [3.63, 3.8) is 0 Å². The van der Waals surface area contributed by atoms with Crippen LogP contribution in [-0.4, -0.2) is 43.8 Å². The molecule has 4 heteroatoms. The molecule has 1 aromatic carbocycles. The van der Waals surface area contributed by atoms with Gasteiger partial charge in [-0.25, -0.2) is 0 Å². The first kappa shape index (κ1) is 14.7. The fourth-order valence-electron chi connectivity index (χ4n) is 3.64. The minimum atomic E-state index is 0.0784. The minimum Gasteiger partial charge on any atom is -0.486 e. The third kappa shape index (κ3) is 2.74. The molecule has 3 rings (SSSR count). The highest BCUT2D eigenvalue weighted by Gasteiger charge is 2.37. The summed E-state index contributed by atoms with van der Waals surface area (Å²) in [5, 5.41) is 3.50. The summed E-state index contributed by atoms with van der Waals surface area (Å²) >= 11 is 0. The molecule has 1 saturated heterocycles. The molecule has 0 saturated carbocycles. The number of ether oxygens (including phenoxy) is 2. The molecule has 0 aromatic heterocycles. The average Bonchev–Trinajstić information content (AvgIpc) is 3.02. The van der Waals surface area contributed by atoms with Gasteiger partial charge in [-0.1, -0.05) is 6.07 Å². The number of hydrogen-bond donors (Lipinski definition) is 1. The van der Waals surface area contributed by atoms with E-state index in [1.807, 2.05) is 13.1 Å². The number of likely N-dealkylation sites (tertiary alicyclic amines) is 1. The summed E-state index contributed by atoms with van der Waals surface area (Å²) in [6.07, 6.45) is 2.61. The smallest absolute Gasteiger partial charge is 0.161 e. The number of benzene rings is 1. The van der Waals surface area contributed by atoms with Crippen molar-refractivity contribution in [1.29, 1.82) is 0 Å². The van der Waals surface area contributed by atoms with Crippen molar-refractivity contribution in [2.75, 3.05) is 33.4 Å². The lowest BCUT2D eigenvalue weighted by Crippen LogP contribution is -2.50. The number of likely N-dealkylation sites (N-methyl/N-ethyl adjacent to an activating group) is 1. The van der Waals surface area contributed by atoms with Gasteiger partial charge in [0.25, 0.3) is 0 Å². The van der Waals surface area contributed by atoms with Gasteiger partial charge in [0, 0.05) is 5.54 Å². The van der Waals surface area contributed by atoms with Crippen LogP contribution in [0.1, 0.15) is 38.3 Å². The predicted molar refractivity (Wildman–Crippen MR) is 84.1 cm³/mol. The van der Waals surface area contributed by atoms with E-state index in [1.54, 1.807) is 0 Å². The molecule has 0 amide bonds. The number of rotatable bonds is 4. The summed E-state index contributed by atoms with van der Waals surface area (Å²) in [6.45, 7) is 8.31. The number of fused-ring (bicyclic) bond motifs is 1. The predicted octanol–water partition coefficient (Wildman–Crippen LogP) is 2.59. The Kier molecular flexibility index (Phi) is 4.09. The van der Waals surface area contributed by atoms with E-state index >= 15 is 0 Å². The molecule has 1 atom stereocenters. The first-order chi connectivity index (χ1) is 10.1. The summed E-state index contributed by atoms with van der Waals surface area (Å²) in [7, 11) is 2.04. The summed E-state index contributed by atoms with van der Waals surface area (Å²) in [5.74, 6) is 1.73. The first-order valence-electron chi connectivity index (χ1n) is 7.95. The van der Waals surface area contributed by atoms with E-state index in [0.29, 0.717) is 13.2 Å². The van der Waals surface area contributed by atoms with Crippen LogP contribution in [0.2, 0.25) is 0 Å². The highest BCUT2D eigenvalue weighted by atomic mass is 16.6. The number of nitrogens with one attached hydrogen (secondary N) is 1. The molecule has 1 N–H and O–H groups in total. The molecule has 0 aliphatic carbocycles. The van der Waals surface area contributed by atoms with Crippen LogP contribution < -0.4 is 14.8 Å². The second-order valence-electron chi connectivity index (χ2n) is 6.47. The van der Waals surface area contributed by atoms with Crippen LogP contribution in [0.5, 0.6) is 11.5 Å². The number of hydrogen-bond acceptors (Lipinski definition) is 4. The topological polar surface area (TPSA) is 33.7 Å². The maximum Gasteiger partial charge on any atom is 0.161 e. The molecule has 21 heavy (non-hydrogen) atoms. The highest BCUT2D eigenvalue weighted by Crippen LogP contribution is 2.38. The molecule has 1 unspecified atom stereocenters. The van der Waals surface area contributed by atoms with Crippen molar-refractivity contribution in [3.05, 3.63) is 23.8 Å². The molecule has 0 bridgehead atoms. The number of nitrogens with zero attached hydrogens (tertiary/aromatic N) is 1. The average molecular weight is 290 g/mol. The Balaban J connectivity index is 1.88. The van der Waals surface area contributed by atoms with E-state index in [2.05, 4.69) is 36.2 Å². The Labute approximate surface area is 127 Å². The van der Waals surface area contributed by atoms with Crippen LogP contribution in [0.25, 0.3) is 0 Å². The van der Waals surface area contributed by atoms with E-state index in [-0.39, 0.29) is 11.6 Å². The van der Waals surface area contributed by atoms with Gasteiger partial charge >= 0.3 is 0 Å². The molecule has 116 valence electrons. The van der Waals surface area contributed by atoms with E-state index in [0.717, 1.165) is 11.5 Å². The van der Waals surface area contributed by atoms with Gasteiger partial charge in [-0.2, -0.15) is 0 Å². The molecular formula is C17H26N2O2. The molecule has 1 aromatic rings. The summed E-state index contributed by atoms with van der Waals surface area (Å²) < 4.78 is 11.4. The van der Waals surface area contributed by atoms with Crippen molar-refractivity contribution in [2.24, 2.45) is 0 Å². The quantitative estimate of drug-likeness (QED) is 0.924. The maximum atomic E-state index is 5.73. The molecule has 2 heterocycles. The van der Waals surface area contributed by atoms with Gasteiger partial charge < -0.3 is 14.8 Å². The largest absolute Gasteiger partial charge is 0.486 e. The van der Waals surface area contributed by atoms with Crippen molar-refractivity contribution < 1.29 is 9.47 Å². The summed E-state index contributed by atoms with van der Waals surface area (Å²) in [5.41, 5.74) is 1.34. The molecule has 1 fully saturated rings. The van der Waals surface area contributed by atoms with Crippen LogP contribution in [0.3, 0.4) is 0 Å². The molecule has 4 nitrogen and oxygen atoms in total. The zero-order valence-corrected chi connectivity index (χ0v) is 13.3. The second kappa shape index (κ2) is 5.85. The van der Waals surface area contributed by atoms with Gasteiger partial charge in [0.1, 0.15) is 13.2 Å². The van der Waals surface area contributed by atoms with E-state index in [4.69, 9.17) is 9.47 Å². The van der Waals surface area contributed by atoms with Crippen molar-refractivity contribution in [2.45, 2.75) is 38.3 Å². The minimum absolute atomic E-state index is 0.0784. The third-order valence-corrected chi connectivity index (χ3v) is 4.82. The lowest BCUT2D eigenvalue weighted by molar-refractivity contribution is 0.110. The molecule has 2 aliphatic heterocycles. The Bertz CT molecular complexity index is 496. The standard InChI is InChI=1S/C17H26N2O2/c1-17(2,19-8-4-5-9-19)16(18-3)13-6-7-14-15(12-13)21-11-10-20-14/h6-7,12,16,18H,4-5,8-11H2,1-3H3. The summed E-state index contributed by atoms with van der Waals surface area (Å²) in [6, 6.07) is 6.60. The Morgan fingerprint density at radius 3 is 2.43 bits per heavy atom. The summed E-state index contributed by atoms with van der Waals surface area (Å²) in [4.78, 5) is 2.59. The lowest BCUT2D eigenvalue weighted by atomic mass is 9.87. The van der Waals surface area contributed by atoms with E-state index in [9.17, 15) is 0 Å². The first-order valence-corrected chi connectivity index (χ1v) is 7.95. The van der Waals surface area contributed by atoms with Crippen LogP contribution in [0, 0.1) is 0 Å². The van der Waals surface area contributed by atoms with Crippen molar-refractivity contribution >= 4 is 0 Å². The lowest BCUT2D eigenvalue weighted by Gasteiger charge is -2.42. The van der Waals surface area contributed by atoms with Gasteiger partial charge in [0.2, 0.25) is 0 Å². The second-order valence-corrected chi connectivity index (χ2v) is 6.47. The zero-order chi connectivity index (χ0) is 14.9. The third-order valence-electron chi connectivity index (χ3n) is 4.82. The zero-order valence-electron chi connectivity index (χ0n) is 13.3. The van der Waals surface area contributed by atoms with Gasteiger partial charge in [-0.15, -0.1) is 0 Å². The molecular weight excluding hydrogens is 264 g/mol. The van der Waals surface area contributed by atoms with Crippen LogP contribution in [0.15, 0.2) is 18.2 Å². The monoisotopic (exact) mass is 290 g/mol. The Hall–Kier alpha value is -1.26. The molecule has 0 spiro atoms. The fourth-order valence-corrected chi connectivity index (χ4v) is 3.64. The van der Waals surface area contributed by atoms with E-state index in [1.165, 1.54) is 31.5 Å². The normalized spacial score (nSPS) is 20.5. The molecule has 2 aliphatic rings.